The first-order valence-electron chi connectivity index (χ1n) is 6.36. The second kappa shape index (κ2) is 11.9. The molecule has 2 atom stereocenters. The molecule has 5 nitrogen and oxygen atoms in total. The SMILES string of the molecule is CCOC(=O)C=CC=CC(CC(OC)OCC)OC. The quantitative estimate of drug-likeness (QED) is 0.264. The zero-order chi connectivity index (χ0) is 14.5. The largest absolute Gasteiger partial charge is 0.463 e. The first-order chi connectivity index (χ1) is 9.17. The normalized spacial score (nSPS) is 14.9. The molecule has 0 N–H and O–H groups in total. The van der Waals surface area contributed by atoms with Gasteiger partial charge in [-0.2, -0.15) is 0 Å². The van der Waals surface area contributed by atoms with Crippen LogP contribution in [0, 0.1) is 0 Å². The maximum absolute atomic E-state index is 11.1. The molecule has 5 heteroatoms. The summed E-state index contributed by atoms with van der Waals surface area (Å²) in [4.78, 5) is 11.1. The molecule has 0 amide bonds. The topological polar surface area (TPSA) is 54.0 Å². The van der Waals surface area contributed by atoms with Crippen molar-refractivity contribution >= 4 is 5.97 Å². The van der Waals surface area contributed by atoms with Gasteiger partial charge in [0.05, 0.1) is 12.7 Å². The van der Waals surface area contributed by atoms with Crippen LogP contribution in [0.25, 0.3) is 0 Å². The highest BCUT2D eigenvalue weighted by Gasteiger charge is 2.12. The van der Waals surface area contributed by atoms with Crippen molar-refractivity contribution in [1.82, 2.24) is 0 Å². The molecule has 0 rings (SSSR count). The molecule has 0 saturated carbocycles. The molecule has 0 aliphatic carbocycles. The van der Waals surface area contributed by atoms with Crippen molar-refractivity contribution in [1.29, 1.82) is 0 Å². The highest BCUT2D eigenvalue weighted by atomic mass is 16.7. The Kier molecular flexibility index (Phi) is 11.2. The summed E-state index contributed by atoms with van der Waals surface area (Å²) in [6, 6.07) is 0. The van der Waals surface area contributed by atoms with Gasteiger partial charge in [0.1, 0.15) is 0 Å². The Morgan fingerprint density at radius 1 is 1.11 bits per heavy atom. The Hall–Kier alpha value is -1.17. The number of carbonyl (C=O) groups excluding carboxylic acids is 1. The predicted molar refractivity (Wildman–Crippen MR) is 72.8 cm³/mol. The van der Waals surface area contributed by atoms with Crippen molar-refractivity contribution in [2.24, 2.45) is 0 Å². The average Bonchev–Trinajstić information content (AvgIpc) is 2.41. The Morgan fingerprint density at radius 3 is 2.37 bits per heavy atom. The number of rotatable bonds is 10. The summed E-state index contributed by atoms with van der Waals surface area (Å²) in [5.41, 5.74) is 0. The van der Waals surface area contributed by atoms with Gasteiger partial charge in [0.25, 0.3) is 0 Å². The van der Waals surface area contributed by atoms with Gasteiger partial charge in [-0.25, -0.2) is 4.79 Å². The number of methoxy groups -OCH3 is 2. The lowest BCUT2D eigenvalue weighted by Gasteiger charge is -2.19. The molecule has 0 bridgehead atoms. The molecule has 0 saturated heterocycles. The van der Waals surface area contributed by atoms with Gasteiger partial charge < -0.3 is 18.9 Å². The smallest absolute Gasteiger partial charge is 0.330 e. The molecule has 0 radical (unpaired) electrons. The number of hydrogen-bond donors (Lipinski definition) is 0. The van der Waals surface area contributed by atoms with Crippen LogP contribution in [0.1, 0.15) is 20.3 Å². The second-order valence-corrected chi connectivity index (χ2v) is 3.63. The Bertz CT molecular complexity index is 286. The summed E-state index contributed by atoms with van der Waals surface area (Å²) < 4.78 is 20.6. The van der Waals surface area contributed by atoms with Crippen molar-refractivity contribution in [3.05, 3.63) is 24.3 Å². The lowest BCUT2D eigenvalue weighted by atomic mass is 10.2. The van der Waals surface area contributed by atoms with Crippen LogP contribution in [0.15, 0.2) is 24.3 Å². The third kappa shape index (κ3) is 9.41. The molecular formula is C14H24O5. The van der Waals surface area contributed by atoms with E-state index in [1.165, 1.54) is 6.08 Å². The van der Waals surface area contributed by atoms with Gasteiger partial charge in [-0.15, -0.1) is 0 Å². The predicted octanol–water partition coefficient (Wildman–Crippen LogP) is 2.08. The van der Waals surface area contributed by atoms with E-state index in [-0.39, 0.29) is 18.4 Å². The fourth-order valence-corrected chi connectivity index (χ4v) is 1.37. The molecule has 0 aliphatic heterocycles. The van der Waals surface area contributed by atoms with E-state index in [9.17, 15) is 4.79 Å². The Labute approximate surface area is 115 Å². The minimum atomic E-state index is -0.356. The van der Waals surface area contributed by atoms with Crippen molar-refractivity contribution < 1.29 is 23.7 Å². The lowest BCUT2D eigenvalue weighted by Crippen LogP contribution is -2.22. The first kappa shape index (κ1) is 17.8. The molecule has 0 aromatic heterocycles. The van der Waals surface area contributed by atoms with E-state index in [0.29, 0.717) is 19.6 Å². The van der Waals surface area contributed by atoms with Crippen molar-refractivity contribution in [2.45, 2.75) is 32.7 Å². The average molecular weight is 272 g/mol. The van der Waals surface area contributed by atoms with Crippen LogP contribution >= 0.6 is 0 Å². The molecule has 0 aromatic rings. The third-order valence-corrected chi connectivity index (χ3v) is 2.30. The van der Waals surface area contributed by atoms with E-state index in [1.54, 1.807) is 33.3 Å². The van der Waals surface area contributed by atoms with Gasteiger partial charge in [0.2, 0.25) is 0 Å². The first-order valence-corrected chi connectivity index (χ1v) is 6.36. The fraction of sp³-hybridized carbons (Fsp3) is 0.643. The highest BCUT2D eigenvalue weighted by molar-refractivity contribution is 5.82. The van der Waals surface area contributed by atoms with Crippen LogP contribution in [0.2, 0.25) is 0 Å². The van der Waals surface area contributed by atoms with Gasteiger partial charge in [0.15, 0.2) is 6.29 Å². The molecule has 0 aliphatic rings. The third-order valence-electron chi connectivity index (χ3n) is 2.30. The zero-order valence-electron chi connectivity index (χ0n) is 12.1. The van der Waals surface area contributed by atoms with Crippen molar-refractivity contribution in [2.75, 3.05) is 27.4 Å². The fourth-order valence-electron chi connectivity index (χ4n) is 1.37. The molecule has 19 heavy (non-hydrogen) atoms. The molecule has 2 unspecified atom stereocenters. The van der Waals surface area contributed by atoms with Gasteiger partial charge in [-0.3, -0.25) is 0 Å². The summed E-state index contributed by atoms with van der Waals surface area (Å²) in [6.07, 6.45) is 6.71. The summed E-state index contributed by atoms with van der Waals surface area (Å²) >= 11 is 0. The van der Waals surface area contributed by atoms with Crippen LogP contribution in [0.5, 0.6) is 0 Å². The molecule has 110 valence electrons. The van der Waals surface area contributed by atoms with Crippen LogP contribution in [0.3, 0.4) is 0 Å². The van der Waals surface area contributed by atoms with Gasteiger partial charge in [-0.05, 0) is 13.8 Å². The summed E-state index contributed by atoms with van der Waals surface area (Å²) in [5, 5.41) is 0. The minimum Gasteiger partial charge on any atom is -0.463 e. The molecular weight excluding hydrogens is 248 g/mol. The van der Waals surface area contributed by atoms with Crippen LogP contribution in [-0.2, 0) is 23.7 Å². The van der Waals surface area contributed by atoms with E-state index < -0.39 is 0 Å². The number of hydrogen-bond acceptors (Lipinski definition) is 5. The number of ether oxygens (including phenoxy) is 4. The lowest BCUT2D eigenvalue weighted by molar-refractivity contribution is -0.137. The van der Waals surface area contributed by atoms with E-state index in [4.69, 9.17) is 18.9 Å². The minimum absolute atomic E-state index is 0.136. The van der Waals surface area contributed by atoms with Crippen molar-refractivity contribution in [3.8, 4) is 0 Å². The van der Waals surface area contributed by atoms with Crippen LogP contribution in [-0.4, -0.2) is 45.8 Å². The monoisotopic (exact) mass is 272 g/mol. The maximum Gasteiger partial charge on any atom is 0.330 e. The summed E-state index contributed by atoms with van der Waals surface area (Å²) in [6.45, 7) is 4.63. The highest BCUT2D eigenvalue weighted by Crippen LogP contribution is 2.08. The maximum atomic E-state index is 11.1. The molecule has 0 heterocycles. The Balaban J connectivity index is 4.19. The summed E-state index contributed by atoms with van der Waals surface area (Å²) in [7, 11) is 3.21. The molecule has 0 aromatic carbocycles. The number of allylic oxidation sites excluding steroid dienone is 2. The number of esters is 1. The van der Waals surface area contributed by atoms with Gasteiger partial charge >= 0.3 is 5.97 Å². The van der Waals surface area contributed by atoms with Crippen LogP contribution in [0.4, 0.5) is 0 Å². The van der Waals surface area contributed by atoms with Gasteiger partial charge in [0, 0.05) is 33.3 Å². The van der Waals surface area contributed by atoms with Gasteiger partial charge in [-0.1, -0.05) is 18.2 Å². The van der Waals surface area contributed by atoms with E-state index in [2.05, 4.69) is 0 Å². The second-order valence-electron chi connectivity index (χ2n) is 3.63. The summed E-state index contributed by atoms with van der Waals surface area (Å²) in [5.74, 6) is -0.356. The number of carbonyl (C=O) groups is 1. The molecule has 0 fully saturated rings. The van der Waals surface area contributed by atoms with E-state index >= 15 is 0 Å². The van der Waals surface area contributed by atoms with E-state index in [1.807, 2.05) is 13.0 Å². The molecule has 0 spiro atoms. The standard InChI is InChI=1S/C14H24O5/c1-5-18-13(15)10-8-7-9-12(16-3)11-14(17-4)19-6-2/h7-10,12,14H,5-6,11H2,1-4H3. The van der Waals surface area contributed by atoms with Crippen molar-refractivity contribution in [3.63, 3.8) is 0 Å². The van der Waals surface area contributed by atoms with E-state index in [0.717, 1.165) is 0 Å². The zero-order valence-corrected chi connectivity index (χ0v) is 12.1. The Morgan fingerprint density at radius 2 is 1.84 bits per heavy atom. The van der Waals surface area contributed by atoms with Crippen LogP contribution < -0.4 is 0 Å².